The summed E-state index contributed by atoms with van der Waals surface area (Å²) in [7, 11) is -5.31. The minimum absolute atomic E-state index is 0.115. The number of rotatable bonds is 6. The zero-order valence-corrected chi connectivity index (χ0v) is 15.1. The van der Waals surface area contributed by atoms with Crippen LogP contribution in [0.5, 0.6) is 0 Å². The Balaban J connectivity index is -0.000000218. The van der Waals surface area contributed by atoms with E-state index in [1.54, 1.807) is 27.7 Å². The van der Waals surface area contributed by atoms with E-state index in [2.05, 4.69) is 0 Å². The van der Waals surface area contributed by atoms with Crippen LogP contribution in [0, 0.1) is 0 Å². The fourth-order valence-electron chi connectivity index (χ4n) is 0.576. The van der Waals surface area contributed by atoms with Gasteiger partial charge in [-0.05, 0) is 6.42 Å². The molecule has 0 aliphatic rings. The summed E-state index contributed by atoms with van der Waals surface area (Å²) in [5, 5.41) is 16.5. The van der Waals surface area contributed by atoms with Gasteiger partial charge in [0.2, 0.25) is 0 Å². The Morgan fingerprint density at radius 2 is 1.05 bits per heavy atom. The zero-order valence-electron chi connectivity index (χ0n) is 13.3. The van der Waals surface area contributed by atoms with Crippen molar-refractivity contribution in [3.05, 3.63) is 0 Å². The van der Waals surface area contributed by atoms with Crippen LogP contribution in [0.3, 0.4) is 0 Å². The van der Waals surface area contributed by atoms with Gasteiger partial charge in [-0.15, -0.1) is 0 Å². The molecular weight excluding hydrogens is 302 g/mol. The summed E-state index contributed by atoms with van der Waals surface area (Å²) in [6.45, 7) is 8.61. The number of hydrogen-bond acceptors (Lipinski definition) is 4. The molecule has 0 radical (unpaired) electrons. The molecule has 0 spiro atoms. The molecule has 0 aromatic rings. The van der Waals surface area contributed by atoms with E-state index < -0.39 is 20.8 Å². The molecule has 0 saturated carbocycles. The Morgan fingerprint density at radius 1 is 0.800 bits per heavy atom. The number of hydrogen-bond donors (Lipinski definition) is 4. The van der Waals surface area contributed by atoms with Crippen LogP contribution in [0.4, 0.5) is 0 Å². The van der Waals surface area contributed by atoms with E-state index in [-0.39, 0.29) is 6.61 Å². The van der Waals surface area contributed by atoms with Crippen molar-refractivity contribution >= 4 is 14.7 Å². The molecule has 0 bridgehead atoms. The summed E-state index contributed by atoms with van der Waals surface area (Å²) in [4.78, 5) is 17.4. The monoisotopic (exact) mass is 334 g/mol. The molecule has 0 fully saturated rings. The average molecular weight is 334 g/mol. The molecule has 1 unspecified atom stereocenters. The predicted molar refractivity (Wildman–Crippen MR) is 85.2 cm³/mol. The molecule has 6 nitrogen and oxygen atoms in total. The SMILES string of the molecule is CCC(O)CO.CCP(=O)(O)CC.CCP(=O)(O)CC. The van der Waals surface area contributed by atoms with Crippen molar-refractivity contribution in [1.29, 1.82) is 0 Å². The van der Waals surface area contributed by atoms with Gasteiger partial charge in [0, 0.05) is 24.6 Å². The van der Waals surface area contributed by atoms with E-state index in [1.165, 1.54) is 0 Å². The lowest BCUT2D eigenvalue weighted by Crippen LogP contribution is -2.08. The molecule has 0 aromatic carbocycles. The Labute approximate surface area is 123 Å². The van der Waals surface area contributed by atoms with Crippen LogP contribution in [0.15, 0.2) is 0 Å². The minimum atomic E-state index is -2.65. The highest BCUT2D eigenvalue weighted by Gasteiger charge is 2.09. The van der Waals surface area contributed by atoms with Crippen LogP contribution in [-0.2, 0) is 9.13 Å². The van der Waals surface area contributed by atoms with E-state index in [0.717, 1.165) is 0 Å². The van der Waals surface area contributed by atoms with E-state index >= 15 is 0 Å². The highest BCUT2D eigenvalue weighted by molar-refractivity contribution is 7.58. The lowest BCUT2D eigenvalue weighted by atomic mass is 10.3. The summed E-state index contributed by atoms with van der Waals surface area (Å²) < 4.78 is 21.0. The molecule has 0 heterocycles. The standard InChI is InChI=1S/2C4H11O2P.C4H10O2/c2*1-3-7(5,6)4-2;1-2-4(6)3-5/h2*3-4H2,1-2H3,(H,5,6);4-6H,2-3H2,1H3. The van der Waals surface area contributed by atoms with Crippen molar-refractivity contribution < 1.29 is 29.1 Å². The maximum atomic E-state index is 10.5. The Morgan fingerprint density at radius 3 is 1.05 bits per heavy atom. The maximum absolute atomic E-state index is 10.5. The van der Waals surface area contributed by atoms with Crippen LogP contribution < -0.4 is 0 Å². The molecule has 0 aliphatic carbocycles. The molecule has 0 rings (SSSR count). The van der Waals surface area contributed by atoms with Gasteiger partial charge >= 0.3 is 0 Å². The molecule has 0 saturated heterocycles. The Hall–Kier alpha value is 0.300. The second-order valence-electron chi connectivity index (χ2n) is 4.20. The number of aliphatic hydroxyl groups excluding tert-OH is 2. The van der Waals surface area contributed by atoms with Crippen LogP contribution in [-0.4, -0.2) is 57.4 Å². The van der Waals surface area contributed by atoms with Gasteiger partial charge in [0.05, 0.1) is 12.7 Å². The number of aliphatic hydroxyl groups is 2. The van der Waals surface area contributed by atoms with Gasteiger partial charge in [0.15, 0.2) is 14.7 Å². The van der Waals surface area contributed by atoms with Crippen molar-refractivity contribution in [2.45, 2.75) is 47.1 Å². The topological polar surface area (TPSA) is 115 Å². The third-order valence-corrected chi connectivity index (χ3v) is 6.61. The summed E-state index contributed by atoms with van der Waals surface area (Å²) in [6, 6.07) is 0. The van der Waals surface area contributed by atoms with Crippen molar-refractivity contribution in [2.24, 2.45) is 0 Å². The second kappa shape index (κ2) is 14.2. The fraction of sp³-hybridized carbons (Fsp3) is 1.00. The second-order valence-corrected chi connectivity index (χ2v) is 10.1. The van der Waals surface area contributed by atoms with Crippen LogP contribution >= 0.6 is 14.7 Å². The molecule has 8 heteroatoms. The van der Waals surface area contributed by atoms with Gasteiger partial charge in [-0.25, -0.2) is 0 Å². The first kappa shape index (κ1) is 25.3. The van der Waals surface area contributed by atoms with Crippen LogP contribution in [0.2, 0.25) is 0 Å². The van der Waals surface area contributed by atoms with Crippen molar-refractivity contribution in [2.75, 3.05) is 31.3 Å². The molecule has 0 aromatic heterocycles. The molecule has 1 atom stereocenters. The minimum Gasteiger partial charge on any atom is -0.394 e. The first-order valence-corrected chi connectivity index (χ1v) is 11.0. The fourth-order valence-corrected chi connectivity index (χ4v) is 1.47. The first-order valence-electron chi connectivity index (χ1n) is 6.96. The summed E-state index contributed by atoms with van der Waals surface area (Å²) in [6.07, 6.45) is 1.75. The smallest absolute Gasteiger partial charge is 0.200 e. The van der Waals surface area contributed by atoms with E-state index in [1.807, 2.05) is 6.92 Å². The van der Waals surface area contributed by atoms with Crippen molar-refractivity contribution in [3.8, 4) is 0 Å². The van der Waals surface area contributed by atoms with Gasteiger partial charge < -0.3 is 20.0 Å². The molecule has 0 aliphatic heterocycles. The zero-order chi connectivity index (χ0) is 16.8. The van der Waals surface area contributed by atoms with Gasteiger partial charge in [-0.2, -0.15) is 0 Å². The predicted octanol–water partition coefficient (Wildman–Crippen LogP) is 2.34. The average Bonchev–Trinajstić information content (AvgIpc) is 2.47. The lowest BCUT2D eigenvalue weighted by molar-refractivity contribution is 0.0923. The lowest BCUT2D eigenvalue weighted by Gasteiger charge is -2.01. The summed E-state index contributed by atoms with van der Waals surface area (Å²) in [5.41, 5.74) is 0. The Kier molecular flexibility index (Phi) is 18.0. The highest BCUT2D eigenvalue weighted by atomic mass is 31.2. The molecule has 20 heavy (non-hydrogen) atoms. The Bertz CT molecular complexity index is 252. The maximum Gasteiger partial charge on any atom is 0.200 e. The summed E-state index contributed by atoms with van der Waals surface area (Å²) in [5.74, 6) is 0. The molecular formula is C12H32O6P2. The highest BCUT2D eigenvalue weighted by Crippen LogP contribution is 2.38. The normalized spacial score (nSPS) is 12.7. The van der Waals surface area contributed by atoms with E-state index in [0.29, 0.717) is 31.1 Å². The molecule has 4 N–H and O–H groups in total. The van der Waals surface area contributed by atoms with E-state index in [9.17, 15) is 9.13 Å². The quantitative estimate of drug-likeness (QED) is 0.554. The molecule has 126 valence electrons. The van der Waals surface area contributed by atoms with Gasteiger partial charge in [0.1, 0.15) is 0 Å². The van der Waals surface area contributed by atoms with Crippen LogP contribution in [0.25, 0.3) is 0 Å². The first-order chi connectivity index (χ1) is 9.05. The van der Waals surface area contributed by atoms with Gasteiger partial charge in [-0.3, -0.25) is 9.13 Å². The third-order valence-electron chi connectivity index (χ3n) is 2.66. The molecule has 0 amide bonds. The third kappa shape index (κ3) is 20.6. The van der Waals surface area contributed by atoms with Crippen molar-refractivity contribution in [1.82, 2.24) is 0 Å². The van der Waals surface area contributed by atoms with Gasteiger partial charge in [0.25, 0.3) is 0 Å². The van der Waals surface area contributed by atoms with Gasteiger partial charge in [-0.1, -0.05) is 34.6 Å². The van der Waals surface area contributed by atoms with Crippen molar-refractivity contribution in [3.63, 3.8) is 0 Å². The van der Waals surface area contributed by atoms with E-state index in [4.69, 9.17) is 20.0 Å². The largest absolute Gasteiger partial charge is 0.394 e. The summed E-state index contributed by atoms with van der Waals surface area (Å²) >= 11 is 0. The van der Waals surface area contributed by atoms with Crippen LogP contribution in [0.1, 0.15) is 41.0 Å².